The zero-order chi connectivity index (χ0) is 13.7. The van der Waals surface area contributed by atoms with E-state index < -0.39 is 0 Å². The van der Waals surface area contributed by atoms with Gasteiger partial charge in [-0.15, -0.1) is 0 Å². The number of urea groups is 1. The molecule has 0 unspecified atom stereocenters. The fourth-order valence-electron chi connectivity index (χ4n) is 2.88. The topological polar surface area (TPSA) is 52.8 Å². The Hall–Kier alpha value is -0.810. The molecule has 0 aromatic rings. The molecule has 2 fully saturated rings. The van der Waals surface area contributed by atoms with Crippen molar-refractivity contribution in [2.24, 2.45) is 11.7 Å². The first-order valence-corrected chi connectivity index (χ1v) is 7.67. The van der Waals surface area contributed by atoms with E-state index >= 15 is 0 Å². The molecule has 0 aromatic carbocycles. The number of amides is 2. The second kappa shape index (κ2) is 7.10. The molecule has 19 heavy (non-hydrogen) atoms. The largest absolute Gasteiger partial charge is 0.330 e. The molecule has 2 amide bonds. The summed E-state index contributed by atoms with van der Waals surface area (Å²) in [7, 11) is 0. The monoisotopic (exact) mass is 268 g/mol. The Bertz CT molecular complexity index is 281. The van der Waals surface area contributed by atoms with Crippen LogP contribution in [-0.4, -0.2) is 73.1 Å². The van der Waals surface area contributed by atoms with E-state index in [9.17, 15) is 4.79 Å². The first-order chi connectivity index (χ1) is 9.20. The average molecular weight is 268 g/mol. The minimum Gasteiger partial charge on any atom is -0.330 e. The number of piperidine rings is 1. The predicted molar refractivity (Wildman–Crippen MR) is 77.1 cm³/mol. The number of nitrogens with zero attached hydrogens (tertiary/aromatic N) is 3. The summed E-state index contributed by atoms with van der Waals surface area (Å²) in [6, 6.07) is 0.255. The van der Waals surface area contributed by atoms with Crippen LogP contribution < -0.4 is 5.73 Å². The van der Waals surface area contributed by atoms with Gasteiger partial charge in [0.25, 0.3) is 0 Å². The van der Waals surface area contributed by atoms with Crippen LogP contribution in [0.1, 0.15) is 26.2 Å². The Labute approximate surface area is 116 Å². The average Bonchev–Trinajstić information content (AvgIpc) is 2.46. The van der Waals surface area contributed by atoms with Gasteiger partial charge in [-0.25, -0.2) is 4.79 Å². The lowest BCUT2D eigenvalue weighted by Crippen LogP contribution is -2.54. The van der Waals surface area contributed by atoms with Gasteiger partial charge in [0.05, 0.1) is 0 Å². The smallest absolute Gasteiger partial charge is 0.320 e. The highest BCUT2D eigenvalue weighted by molar-refractivity contribution is 5.74. The Morgan fingerprint density at radius 1 is 1.05 bits per heavy atom. The van der Waals surface area contributed by atoms with Crippen molar-refractivity contribution < 1.29 is 4.79 Å². The molecule has 5 nitrogen and oxygen atoms in total. The number of piperazine rings is 1. The molecule has 0 saturated carbocycles. The molecule has 0 aliphatic carbocycles. The van der Waals surface area contributed by atoms with Crippen LogP contribution in [0, 0.1) is 5.92 Å². The Morgan fingerprint density at radius 2 is 1.63 bits per heavy atom. The quantitative estimate of drug-likeness (QED) is 0.824. The van der Waals surface area contributed by atoms with Crippen LogP contribution in [0.3, 0.4) is 0 Å². The molecule has 2 rings (SSSR count). The van der Waals surface area contributed by atoms with Gasteiger partial charge in [0, 0.05) is 39.3 Å². The van der Waals surface area contributed by atoms with E-state index in [1.165, 1.54) is 0 Å². The van der Waals surface area contributed by atoms with E-state index in [0.29, 0.717) is 0 Å². The summed E-state index contributed by atoms with van der Waals surface area (Å²) in [5.41, 5.74) is 5.53. The van der Waals surface area contributed by atoms with Gasteiger partial charge in [0.15, 0.2) is 0 Å². The number of rotatable bonds is 3. The van der Waals surface area contributed by atoms with E-state index in [0.717, 1.165) is 77.5 Å². The van der Waals surface area contributed by atoms with E-state index in [4.69, 9.17) is 5.73 Å². The molecule has 2 N–H and O–H groups in total. The normalized spacial score (nSPS) is 22.8. The lowest BCUT2D eigenvalue weighted by molar-refractivity contribution is 0.102. The van der Waals surface area contributed by atoms with Gasteiger partial charge in [0.2, 0.25) is 0 Å². The second-order valence-corrected chi connectivity index (χ2v) is 5.92. The summed E-state index contributed by atoms with van der Waals surface area (Å²) in [5.74, 6) is 0.775. The third kappa shape index (κ3) is 4.08. The Kier molecular flexibility index (Phi) is 5.45. The van der Waals surface area contributed by atoms with E-state index in [2.05, 4.69) is 11.8 Å². The van der Waals surface area contributed by atoms with Gasteiger partial charge in [-0.3, -0.25) is 4.90 Å². The molecule has 2 aliphatic rings. The van der Waals surface area contributed by atoms with Crippen molar-refractivity contribution in [1.29, 1.82) is 0 Å². The van der Waals surface area contributed by atoms with Crippen molar-refractivity contribution in [2.75, 3.05) is 52.4 Å². The number of nitrogens with two attached hydrogens (primary N) is 1. The number of hydrogen-bond acceptors (Lipinski definition) is 3. The van der Waals surface area contributed by atoms with Crippen molar-refractivity contribution in [1.82, 2.24) is 14.7 Å². The number of carbonyl (C=O) groups excluding carboxylic acids is 1. The van der Waals surface area contributed by atoms with Crippen LogP contribution in [0.25, 0.3) is 0 Å². The van der Waals surface area contributed by atoms with Crippen molar-refractivity contribution in [3.8, 4) is 0 Å². The predicted octanol–water partition coefficient (Wildman–Crippen LogP) is 0.805. The fraction of sp³-hybridized carbons (Fsp3) is 0.929. The van der Waals surface area contributed by atoms with Gasteiger partial charge >= 0.3 is 6.03 Å². The maximum Gasteiger partial charge on any atom is 0.320 e. The van der Waals surface area contributed by atoms with Crippen LogP contribution >= 0.6 is 0 Å². The molecular formula is C14H28N4O. The minimum absolute atomic E-state index is 0.255. The third-order valence-electron chi connectivity index (χ3n) is 4.38. The highest BCUT2D eigenvalue weighted by Gasteiger charge is 2.27. The summed E-state index contributed by atoms with van der Waals surface area (Å²) in [6.45, 7) is 9.71. The van der Waals surface area contributed by atoms with Crippen LogP contribution in [0.5, 0.6) is 0 Å². The van der Waals surface area contributed by atoms with Crippen molar-refractivity contribution >= 4 is 6.03 Å². The summed E-state index contributed by atoms with van der Waals surface area (Å²) >= 11 is 0. The highest BCUT2D eigenvalue weighted by Crippen LogP contribution is 2.17. The number of carbonyl (C=O) groups is 1. The molecule has 110 valence electrons. The van der Waals surface area contributed by atoms with Gasteiger partial charge in [-0.1, -0.05) is 6.92 Å². The molecule has 0 radical (unpaired) electrons. The highest BCUT2D eigenvalue weighted by atomic mass is 16.2. The molecule has 0 spiro atoms. The standard InChI is InChI=1S/C14H28N4O/c1-13-3-7-17(8-4-13)14(19)18-11-9-16(10-12-18)6-2-5-15/h13H,2-12,15H2,1H3. The van der Waals surface area contributed by atoms with E-state index in [-0.39, 0.29) is 6.03 Å². The third-order valence-corrected chi connectivity index (χ3v) is 4.38. The summed E-state index contributed by atoms with van der Waals surface area (Å²) in [5, 5.41) is 0. The molecule has 0 atom stereocenters. The minimum atomic E-state index is 0.255. The summed E-state index contributed by atoms with van der Waals surface area (Å²) in [4.78, 5) is 18.9. The van der Waals surface area contributed by atoms with Crippen LogP contribution in [-0.2, 0) is 0 Å². The Balaban J connectivity index is 1.73. The fourth-order valence-corrected chi connectivity index (χ4v) is 2.88. The molecule has 2 aliphatic heterocycles. The van der Waals surface area contributed by atoms with Gasteiger partial charge in [0.1, 0.15) is 0 Å². The molecule has 2 heterocycles. The first kappa shape index (κ1) is 14.6. The van der Waals surface area contributed by atoms with E-state index in [1.54, 1.807) is 0 Å². The molecular weight excluding hydrogens is 240 g/mol. The zero-order valence-electron chi connectivity index (χ0n) is 12.2. The van der Waals surface area contributed by atoms with Gasteiger partial charge in [-0.05, 0) is 38.3 Å². The maximum atomic E-state index is 12.4. The first-order valence-electron chi connectivity index (χ1n) is 7.67. The summed E-state index contributed by atoms with van der Waals surface area (Å²) < 4.78 is 0. The number of hydrogen-bond donors (Lipinski definition) is 1. The zero-order valence-corrected chi connectivity index (χ0v) is 12.2. The lowest BCUT2D eigenvalue weighted by atomic mass is 9.99. The molecule has 2 saturated heterocycles. The van der Waals surface area contributed by atoms with Crippen LogP contribution in [0.15, 0.2) is 0 Å². The SMILES string of the molecule is CC1CCN(C(=O)N2CCN(CCCN)CC2)CC1. The van der Waals surface area contributed by atoms with Crippen molar-refractivity contribution in [3.63, 3.8) is 0 Å². The van der Waals surface area contributed by atoms with Crippen molar-refractivity contribution in [2.45, 2.75) is 26.2 Å². The van der Waals surface area contributed by atoms with Crippen molar-refractivity contribution in [3.05, 3.63) is 0 Å². The van der Waals surface area contributed by atoms with E-state index in [1.807, 2.05) is 9.80 Å². The molecule has 0 bridgehead atoms. The van der Waals surface area contributed by atoms with Gasteiger partial charge < -0.3 is 15.5 Å². The van der Waals surface area contributed by atoms with Crippen LogP contribution in [0.2, 0.25) is 0 Å². The molecule has 5 heteroatoms. The second-order valence-electron chi connectivity index (χ2n) is 5.92. The maximum absolute atomic E-state index is 12.4. The Morgan fingerprint density at radius 3 is 2.21 bits per heavy atom. The summed E-state index contributed by atoms with van der Waals surface area (Å²) in [6.07, 6.45) is 3.36. The number of likely N-dealkylation sites (tertiary alicyclic amines) is 1. The lowest BCUT2D eigenvalue weighted by Gasteiger charge is -2.39. The molecule has 0 aromatic heterocycles. The van der Waals surface area contributed by atoms with Gasteiger partial charge in [-0.2, -0.15) is 0 Å². The van der Waals surface area contributed by atoms with Crippen LogP contribution in [0.4, 0.5) is 4.79 Å².